The highest BCUT2D eigenvalue weighted by atomic mass is 35.5. The number of hydrogen-bond donors (Lipinski definition) is 1. The van der Waals surface area contributed by atoms with Gasteiger partial charge in [0.05, 0.1) is 39.8 Å². The largest absolute Gasteiger partial charge is 0.493 e. The van der Waals surface area contributed by atoms with Gasteiger partial charge in [-0.25, -0.2) is 4.79 Å². The maximum atomic E-state index is 12.7. The fraction of sp³-hybridized carbons (Fsp3) is 0.360. The lowest BCUT2D eigenvalue weighted by atomic mass is 10.0. The van der Waals surface area contributed by atoms with Gasteiger partial charge in [0.15, 0.2) is 11.5 Å². The van der Waals surface area contributed by atoms with E-state index in [0.29, 0.717) is 35.4 Å². The maximum Gasteiger partial charge on any atom is 0.346 e. The van der Waals surface area contributed by atoms with Crippen molar-refractivity contribution < 1.29 is 23.8 Å². The molecule has 0 aliphatic heterocycles. The lowest BCUT2D eigenvalue weighted by Crippen LogP contribution is -2.41. The van der Waals surface area contributed by atoms with Crippen LogP contribution in [0.4, 0.5) is 10.5 Å². The Hall–Kier alpha value is -3.01. The molecule has 3 rings (SSSR count). The van der Waals surface area contributed by atoms with Crippen molar-refractivity contribution in [3.05, 3.63) is 41.8 Å². The van der Waals surface area contributed by atoms with Crippen LogP contribution in [0, 0.1) is 5.92 Å². The van der Waals surface area contributed by atoms with Gasteiger partial charge in [-0.2, -0.15) is 9.44 Å². The molecule has 0 bridgehead atoms. The van der Waals surface area contributed by atoms with Crippen molar-refractivity contribution >= 4 is 35.7 Å². The van der Waals surface area contributed by atoms with E-state index >= 15 is 0 Å². The molecular weight excluding hydrogens is 490 g/mol. The van der Waals surface area contributed by atoms with Gasteiger partial charge in [-0.15, -0.1) is 12.4 Å². The minimum absolute atomic E-state index is 0. The first kappa shape index (κ1) is 28.2. The molecule has 2 amide bonds. The van der Waals surface area contributed by atoms with E-state index in [-0.39, 0.29) is 18.4 Å². The molecule has 0 aliphatic rings. The predicted molar refractivity (Wildman–Crippen MR) is 142 cm³/mol. The number of carbonyl (C=O) groups is 1. The third-order valence-corrected chi connectivity index (χ3v) is 6.19. The van der Waals surface area contributed by atoms with Crippen molar-refractivity contribution in [2.75, 3.05) is 40.0 Å². The molecule has 1 unspecified atom stereocenters. The average Bonchev–Trinajstić information content (AvgIpc) is 3.37. The molecule has 0 aliphatic carbocycles. The highest BCUT2D eigenvalue weighted by Crippen LogP contribution is 2.43. The monoisotopic (exact) mass is 521 g/mol. The van der Waals surface area contributed by atoms with Crippen LogP contribution in [0.15, 0.2) is 41.8 Å². The summed E-state index contributed by atoms with van der Waals surface area (Å²) in [5, 5.41) is 6.15. The quantitative estimate of drug-likeness (QED) is 0.327. The zero-order valence-electron chi connectivity index (χ0n) is 20.8. The Bertz CT molecular complexity index is 1100. The van der Waals surface area contributed by atoms with E-state index < -0.39 is 0 Å². The number of nitrogens with zero attached hydrogens (tertiary/aromatic N) is 2. The summed E-state index contributed by atoms with van der Waals surface area (Å²) in [5.41, 5.74) is 4.02. The highest BCUT2D eigenvalue weighted by Gasteiger charge is 2.20. The lowest BCUT2D eigenvalue weighted by Gasteiger charge is -2.22. The third-order valence-electron chi connectivity index (χ3n) is 5.57. The van der Waals surface area contributed by atoms with E-state index in [1.54, 1.807) is 21.3 Å². The lowest BCUT2D eigenvalue weighted by molar-refractivity contribution is 0.162. The van der Waals surface area contributed by atoms with Crippen molar-refractivity contribution in [1.29, 1.82) is 0 Å². The number of methoxy groups -OCH3 is 3. The fourth-order valence-electron chi connectivity index (χ4n) is 3.45. The molecular formula is C25H32ClN3O5S. The number of nitrogens with one attached hydrogen (secondary N) is 1. The highest BCUT2D eigenvalue weighted by molar-refractivity contribution is 7.04. The van der Waals surface area contributed by atoms with Gasteiger partial charge in [0.1, 0.15) is 0 Å². The number of hydroxylamine groups is 1. The molecule has 0 saturated heterocycles. The van der Waals surface area contributed by atoms with Crippen molar-refractivity contribution in [2.24, 2.45) is 5.92 Å². The molecule has 8 nitrogen and oxygen atoms in total. The molecule has 2 aromatic carbocycles. The molecule has 0 radical (unpaired) electrons. The SMILES string of the molecule is CCC(C)CNC(=O)N(OC)c1cccc(-c2csnc2-c2cc(OC)c(OC)c(OC)c2)c1.Cl. The number of ether oxygens (including phenoxy) is 3. The van der Waals surface area contributed by atoms with Crippen LogP contribution in [-0.4, -0.2) is 45.4 Å². The molecule has 1 atom stereocenters. The van der Waals surface area contributed by atoms with Crippen LogP contribution in [0.5, 0.6) is 17.2 Å². The number of urea groups is 1. The van der Waals surface area contributed by atoms with E-state index in [0.717, 1.165) is 28.8 Å². The molecule has 1 N–H and O–H groups in total. The van der Waals surface area contributed by atoms with Gasteiger partial charge in [-0.3, -0.25) is 4.84 Å². The van der Waals surface area contributed by atoms with Gasteiger partial charge in [0.2, 0.25) is 5.75 Å². The van der Waals surface area contributed by atoms with Crippen LogP contribution < -0.4 is 24.6 Å². The second-order valence-corrected chi connectivity index (χ2v) is 8.35. The number of hydrogen-bond acceptors (Lipinski definition) is 7. The molecule has 35 heavy (non-hydrogen) atoms. The Morgan fingerprint density at radius 2 is 1.74 bits per heavy atom. The van der Waals surface area contributed by atoms with Crippen molar-refractivity contribution in [1.82, 2.24) is 9.69 Å². The van der Waals surface area contributed by atoms with Crippen LogP contribution in [-0.2, 0) is 4.84 Å². The summed E-state index contributed by atoms with van der Waals surface area (Å²) in [4.78, 5) is 18.1. The molecule has 190 valence electrons. The number of amides is 2. The Morgan fingerprint density at radius 3 is 2.31 bits per heavy atom. The van der Waals surface area contributed by atoms with Gasteiger partial charge < -0.3 is 19.5 Å². The normalized spacial score (nSPS) is 11.3. The Kier molecular flexibility index (Phi) is 10.6. The first-order chi connectivity index (χ1) is 16.5. The van der Waals surface area contributed by atoms with Gasteiger partial charge in [-0.1, -0.05) is 32.4 Å². The summed E-state index contributed by atoms with van der Waals surface area (Å²) in [6, 6.07) is 11.0. The second-order valence-electron chi connectivity index (χ2n) is 7.72. The zero-order chi connectivity index (χ0) is 24.7. The molecule has 0 fully saturated rings. The number of halogens is 1. The maximum absolute atomic E-state index is 12.7. The molecule has 1 aromatic heterocycles. The molecule has 10 heteroatoms. The van der Waals surface area contributed by atoms with Gasteiger partial charge in [0, 0.05) is 23.1 Å². The number of carbonyl (C=O) groups excluding carboxylic acids is 1. The average molecular weight is 522 g/mol. The van der Waals surface area contributed by atoms with Crippen LogP contribution in [0.2, 0.25) is 0 Å². The molecule has 0 saturated carbocycles. The van der Waals surface area contributed by atoms with E-state index in [1.807, 2.05) is 41.8 Å². The smallest absolute Gasteiger partial charge is 0.346 e. The standard InChI is InChI=1S/C25H31N3O5S.ClH/c1-7-16(2)14-26-25(29)28(33-6)19-10-8-9-17(11-19)20-15-34-27-23(20)18-12-21(30-3)24(32-5)22(13-18)31-4;/h8-13,15-16H,7,14H2,1-6H3,(H,26,29);1H. The van der Waals surface area contributed by atoms with Crippen LogP contribution in [0.3, 0.4) is 0 Å². The summed E-state index contributed by atoms with van der Waals surface area (Å²) in [6.45, 7) is 4.76. The Morgan fingerprint density at radius 1 is 1.06 bits per heavy atom. The summed E-state index contributed by atoms with van der Waals surface area (Å²) in [5.74, 6) is 2.00. The van der Waals surface area contributed by atoms with Crippen molar-refractivity contribution in [3.63, 3.8) is 0 Å². The molecule has 0 spiro atoms. The van der Waals surface area contributed by atoms with E-state index in [4.69, 9.17) is 19.0 Å². The summed E-state index contributed by atoms with van der Waals surface area (Å²) >= 11 is 1.35. The summed E-state index contributed by atoms with van der Waals surface area (Å²) in [6.07, 6.45) is 0.984. The minimum Gasteiger partial charge on any atom is -0.493 e. The van der Waals surface area contributed by atoms with E-state index in [9.17, 15) is 4.79 Å². The van der Waals surface area contributed by atoms with Crippen LogP contribution >= 0.6 is 23.9 Å². The summed E-state index contributed by atoms with van der Waals surface area (Å²) < 4.78 is 21.1. The molecule has 1 heterocycles. The van der Waals surface area contributed by atoms with Crippen LogP contribution in [0.25, 0.3) is 22.4 Å². The second kappa shape index (κ2) is 13.2. The van der Waals surface area contributed by atoms with Gasteiger partial charge in [0.25, 0.3) is 0 Å². The minimum atomic E-state index is -0.312. The Labute approximate surface area is 216 Å². The van der Waals surface area contributed by atoms with Crippen LogP contribution in [0.1, 0.15) is 20.3 Å². The Balaban J connectivity index is 0.00000432. The number of benzene rings is 2. The van der Waals surface area contributed by atoms with Gasteiger partial charge >= 0.3 is 6.03 Å². The number of aromatic nitrogens is 1. The topological polar surface area (TPSA) is 82.2 Å². The molecule has 3 aromatic rings. The van der Waals surface area contributed by atoms with Gasteiger partial charge in [-0.05, 0) is 47.3 Å². The number of rotatable bonds is 10. The first-order valence-electron chi connectivity index (χ1n) is 10.9. The van der Waals surface area contributed by atoms with E-state index in [1.165, 1.54) is 23.7 Å². The fourth-order valence-corrected chi connectivity index (χ4v) is 4.17. The van der Waals surface area contributed by atoms with Crippen molar-refractivity contribution in [3.8, 4) is 39.6 Å². The first-order valence-corrected chi connectivity index (χ1v) is 11.8. The summed E-state index contributed by atoms with van der Waals surface area (Å²) in [7, 11) is 6.21. The van der Waals surface area contributed by atoms with E-state index in [2.05, 4.69) is 23.5 Å². The predicted octanol–water partition coefficient (Wildman–Crippen LogP) is 6.05. The zero-order valence-corrected chi connectivity index (χ0v) is 22.4. The van der Waals surface area contributed by atoms with Crippen molar-refractivity contribution in [2.45, 2.75) is 20.3 Å². The number of anilines is 1. The third kappa shape index (κ3) is 6.36.